The van der Waals surface area contributed by atoms with Crippen LogP contribution in [0.1, 0.15) is 16.0 Å². The van der Waals surface area contributed by atoms with Crippen LogP contribution < -0.4 is 5.32 Å². The van der Waals surface area contributed by atoms with Crippen LogP contribution >= 0.6 is 22.7 Å². The number of hydrogen-bond acceptors (Lipinski definition) is 4. The number of thiazole rings is 1. The third-order valence-corrected chi connectivity index (χ3v) is 4.98. The monoisotopic (exact) mass is 302 g/mol. The lowest BCUT2D eigenvalue weighted by molar-refractivity contribution is -0.115. The summed E-state index contributed by atoms with van der Waals surface area (Å²) in [6.07, 6.45) is 0.408. The highest BCUT2D eigenvalue weighted by Gasteiger charge is 2.10. The molecule has 5 heteroatoms. The smallest absolute Gasteiger partial charge is 0.231 e. The molecular formula is C15H14N2OS2. The van der Waals surface area contributed by atoms with Crippen LogP contribution in [0.15, 0.2) is 29.6 Å². The molecule has 0 aliphatic carbocycles. The molecule has 0 bridgehead atoms. The summed E-state index contributed by atoms with van der Waals surface area (Å²) in [7, 11) is 0. The average molecular weight is 302 g/mol. The molecule has 20 heavy (non-hydrogen) atoms. The van der Waals surface area contributed by atoms with E-state index >= 15 is 0 Å². The van der Waals surface area contributed by atoms with Crippen LogP contribution in [-0.4, -0.2) is 10.9 Å². The molecule has 0 saturated heterocycles. The largest absolute Gasteiger partial charge is 0.302 e. The highest BCUT2D eigenvalue weighted by Crippen LogP contribution is 2.29. The van der Waals surface area contributed by atoms with Gasteiger partial charge in [-0.1, -0.05) is 23.5 Å². The second-order valence-electron chi connectivity index (χ2n) is 4.75. The lowest BCUT2D eigenvalue weighted by atomic mass is 10.1. The highest BCUT2D eigenvalue weighted by molar-refractivity contribution is 7.22. The fourth-order valence-corrected chi connectivity index (χ4v) is 3.80. The maximum atomic E-state index is 12.0. The fraction of sp³-hybridized carbons (Fsp3) is 0.200. The van der Waals surface area contributed by atoms with Gasteiger partial charge in [0, 0.05) is 4.88 Å². The third-order valence-electron chi connectivity index (χ3n) is 2.98. The molecule has 3 nitrogen and oxygen atoms in total. The SMILES string of the molecule is Cc1cc(C)c2sc(NC(=O)Cc3cccs3)nc2c1. The minimum absolute atomic E-state index is 0.0131. The van der Waals surface area contributed by atoms with Crippen LogP contribution in [-0.2, 0) is 11.2 Å². The van der Waals surface area contributed by atoms with Gasteiger partial charge in [-0.05, 0) is 42.5 Å². The van der Waals surface area contributed by atoms with Crippen LogP contribution in [0.2, 0.25) is 0 Å². The summed E-state index contributed by atoms with van der Waals surface area (Å²) in [5, 5.41) is 5.55. The van der Waals surface area contributed by atoms with Gasteiger partial charge >= 0.3 is 0 Å². The van der Waals surface area contributed by atoms with Crippen LogP contribution in [0.5, 0.6) is 0 Å². The number of benzene rings is 1. The number of rotatable bonds is 3. The van der Waals surface area contributed by atoms with Gasteiger partial charge in [-0.25, -0.2) is 4.98 Å². The van der Waals surface area contributed by atoms with Gasteiger partial charge in [-0.3, -0.25) is 4.79 Å². The molecule has 0 spiro atoms. The summed E-state index contributed by atoms with van der Waals surface area (Å²) in [4.78, 5) is 17.5. The van der Waals surface area contributed by atoms with E-state index in [0.717, 1.165) is 15.1 Å². The number of anilines is 1. The molecule has 0 aliphatic heterocycles. The van der Waals surface area contributed by atoms with Gasteiger partial charge in [0.05, 0.1) is 16.6 Å². The maximum Gasteiger partial charge on any atom is 0.231 e. The number of amides is 1. The molecule has 2 heterocycles. The van der Waals surface area contributed by atoms with Gasteiger partial charge in [0.1, 0.15) is 0 Å². The topological polar surface area (TPSA) is 42.0 Å². The molecule has 1 aromatic carbocycles. The minimum Gasteiger partial charge on any atom is -0.302 e. The molecule has 0 fully saturated rings. The molecule has 102 valence electrons. The van der Waals surface area contributed by atoms with Crippen molar-refractivity contribution in [1.29, 1.82) is 0 Å². The van der Waals surface area contributed by atoms with Crippen molar-refractivity contribution in [2.24, 2.45) is 0 Å². The van der Waals surface area contributed by atoms with E-state index in [1.54, 1.807) is 11.3 Å². The molecule has 3 rings (SSSR count). The van der Waals surface area contributed by atoms with Crippen molar-refractivity contribution < 1.29 is 4.79 Å². The zero-order chi connectivity index (χ0) is 14.1. The van der Waals surface area contributed by atoms with Crippen molar-refractivity contribution in [3.63, 3.8) is 0 Å². The molecular weight excluding hydrogens is 288 g/mol. The number of thiophene rings is 1. The third kappa shape index (κ3) is 2.73. The molecule has 0 atom stereocenters. The van der Waals surface area contributed by atoms with Crippen LogP contribution in [0.25, 0.3) is 10.2 Å². The van der Waals surface area contributed by atoms with E-state index in [4.69, 9.17) is 0 Å². The number of aromatic nitrogens is 1. The van der Waals surface area contributed by atoms with Crippen molar-refractivity contribution in [2.45, 2.75) is 20.3 Å². The van der Waals surface area contributed by atoms with E-state index in [1.165, 1.54) is 22.5 Å². The van der Waals surface area contributed by atoms with Gasteiger partial charge in [0.25, 0.3) is 0 Å². The Kier molecular flexibility index (Phi) is 3.54. The second kappa shape index (κ2) is 5.34. The second-order valence-corrected chi connectivity index (χ2v) is 6.78. The summed E-state index contributed by atoms with van der Waals surface area (Å²) >= 11 is 3.13. The summed E-state index contributed by atoms with van der Waals surface area (Å²) in [5.74, 6) is -0.0131. The Labute approximate surface area is 125 Å². The molecule has 3 aromatic rings. The summed E-state index contributed by atoms with van der Waals surface area (Å²) in [6, 6.07) is 8.11. The first-order chi connectivity index (χ1) is 9.61. The lowest BCUT2D eigenvalue weighted by Gasteiger charge is -1.98. The summed E-state index contributed by atoms with van der Waals surface area (Å²) < 4.78 is 1.14. The number of carbonyl (C=O) groups is 1. The summed E-state index contributed by atoms with van der Waals surface area (Å²) in [6.45, 7) is 4.13. The standard InChI is InChI=1S/C15H14N2OS2/c1-9-6-10(2)14-12(7-9)16-15(20-14)17-13(18)8-11-4-3-5-19-11/h3-7H,8H2,1-2H3,(H,16,17,18). The average Bonchev–Trinajstić information content (AvgIpc) is 2.98. The van der Waals surface area contributed by atoms with Gasteiger partial charge in [-0.15, -0.1) is 11.3 Å². The van der Waals surface area contributed by atoms with Crippen molar-refractivity contribution in [3.8, 4) is 0 Å². The molecule has 0 aliphatic rings. The van der Waals surface area contributed by atoms with Gasteiger partial charge in [-0.2, -0.15) is 0 Å². The van der Waals surface area contributed by atoms with Gasteiger partial charge < -0.3 is 5.32 Å². The van der Waals surface area contributed by atoms with Gasteiger partial charge in [0.15, 0.2) is 5.13 Å². The van der Waals surface area contributed by atoms with Gasteiger partial charge in [0.2, 0.25) is 5.91 Å². The Bertz CT molecular complexity index is 760. The quantitative estimate of drug-likeness (QED) is 0.789. The fourth-order valence-electron chi connectivity index (χ4n) is 2.16. The van der Waals surface area contributed by atoms with Crippen LogP contribution in [0, 0.1) is 13.8 Å². The van der Waals surface area contributed by atoms with Crippen molar-refractivity contribution >= 4 is 43.9 Å². The highest BCUT2D eigenvalue weighted by atomic mass is 32.1. The number of hydrogen-bond donors (Lipinski definition) is 1. The van der Waals surface area contributed by atoms with E-state index in [0.29, 0.717) is 11.6 Å². The Hall–Kier alpha value is -1.72. The Morgan fingerprint density at radius 2 is 2.20 bits per heavy atom. The predicted octanol–water partition coefficient (Wildman–Crippen LogP) is 4.16. The van der Waals surface area contributed by atoms with E-state index in [9.17, 15) is 4.79 Å². The number of fused-ring (bicyclic) bond motifs is 1. The maximum absolute atomic E-state index is 12.0. The molecule has 0 saturated carbocycles. The van der Waals surface area contributed by atoms with E-state index < -0.39 is 0 Å². The van der Waals surface area contributed by atoms with Crippen molar-refractivity contribution in [1.82, 2.24) is 4.98 Å². The molecule has 2 aromatic heterocycles. The normalized spacial score (nSPS) is 10.9. The first kappa shape index (κ1) is 13.3. The van der Waals surface area contributed by atoms with Crippen molar-refractivity contribution in [2.75, 3.05) is 5.32 Å². The summed E-state index contributed by atoms with van der Waals surface area (Å²) in [5.41, 5.74) is 3.35. The minimum atomic E-state index is -0.0131. The Morgan fingerprint density at radius 3 is 2.95 bits per heavy atom. The first-order valence-electron chi connectivity index (χ1n) is 6.32. The number of nitrogens with one attached hydrogen (secondary N) is 1. The van der Waals surface area contributed by atoms with Crippen LogP contribution in [0.4, 0.5) is 5.13 Å². The van der Waals surface area contributed by atoms with E-state index in [-0.39, 0.29) is 5.91 Å². The Balaban J connectivity index is 1.81. The zero-order valence-electron chi connectivity index (χ0n) is 11.3. The molecule has 1 amide bonds. The molecule has 1 N–H and O–H groups in total. The van der Waals surface area contributed by atoms with E-state index in [2.05, 4.69) is 30.2 Å². The lowest BCUT2D eigenvalue weighted by Crippen LogP contribution is -2.13. The molecule has 0 radical (unpaired) electrons. The number of carbonyl (C=O) groups excluding carboxylic acids is 1. The Morgan fingerprint density at radius 1 is 1.35 bits per heavy atom. The predicted molar refractivity (Wildman–Crippen MR) is 85.7 cm³/mol. The van der Waals surface area contributed by atoms with Crippen molar-refractivity contribution in [3.05, 3.63) is 45.6 Å². The molecule has 0 unspecified atom stereocenters. The van der Waals surface area contributed by atoms with Crippen LogP contribution in [0.3, 0.4) is 0 Å². The zero-order valence-corrected chi connectivity index (χ0v) is 12.9. The number of nitrogens with zero attached hydrogens (tertiary/aromatic N) is 1. The number of aryl methyl sites for hydroxylation is 2. The van der Waals surface area contributed by atoms with E-state index in [1.807, 2.05) is 23.6 Å². The first-order valence-corrected chi connectivity index (χ1v) is 8.01.